The molecule has 0 fully saturated rings. The minimum absolute atomic E-state index is 0.169. The van der Waals surface area contributed by atoms with Gasteiger partial charge in [-0.05, 0) is 67.0 Å². The van der Waals surface area contributed by atoms with Gasteiger partial charge in [-0.15, -0.1) is 11.3 Å². The molecule has 1 atom stereocenters. The molecule has 94 valence electrons. The van der Waals surface area contributed by atoms with E-state index in [2.05, 4.69) is 16.8 Å². The molecule has 0 saturated heterocycles. The Morgan fingerprint density at radius 1 is 1.33 bits per heavy atom. The van der Waals surface area contributed by atoms with Crippen molar-refractivity contribution in [1.29, 1.82) is 0 Å². The number of halogens is 1. The number of thiophene rings is 1. The summed E-state index contributed by atoms with van der Waals surface area (Å²) in [5.41, 5.74) is 3.44. The maximum Gasteiger partial charge on any atom is 0.123 e. The minimum atomic E-state index is -0.169. The van der Waals surface area contributed by atoms with Crippen molar-refractivity contribution in [1.82, 2.24) is 0 Å². The molecule has 3 heteroatoms. The molecule has 0 aliphatic heterocycles. The third-order valence-electron chi connectivity index (χ3n) is 3.57. The zero-order chi connectivity index (χ0) is 12.5. The lowest BCUT2D eigenvalue weighted by Crippen LogP contribution is -2.16. The summed E-state index contributed by atoms with van der Waals surface area (Å²) in [6.07, 6.45) is 3.58. The molecule has 0 amide bonds. The van der Waals surface area contributed by atoms with Crippen LogP contribution in [0.25, 0.3) is 0 Å². The molecule has 1 aliphatic rings. The number of rotatable bonds is 2. The maximum atomic E-state index is 13.1. The van der Waals surface area contributed by atoms with E-state index in [0.717, 1.165) is 17.7 Å². The van der Waals surface area contributed by atoms with Crippen LogP contribution in [0.15, 0.2) is 29.6 Å². The average molecular weight is 261 g/mol. The van der Waals surface area contributed by atoms with Crippen LogP contribution in [0.3, 0.4) is 0 Å². The predicted molar refractivity (Wildman–Crippen MR) is 74.8 cm³/mol. The Hall–Kier alpha value is -1.35. The van der Waals surface area contributed by atoms with Gasteiger partial charge in [-0.3, -0.25) is 0 Å². The molecular weight excluding hydrogens is 245 g/mol. The topological polar surface area (TPSA) is 12.0 Å². The van der Waals surface area contributed by atoms with E-state index >= 15 is 0 Å². The first-order valence-electron chi connectivity index (χ1n) is 6.33. The summed E-state index contributed by atoms with van der Waals surface area (Å²) in [6, 6.07) is 7.54. The van der Waals surface area contributed by atoms with Crippen LogP contribution in [0.5, 0.6) is 0 Å². The van der Waals surface area contributed by atoms with Gasteiger partial charge in [0.05, 0.1) is 6.04 Å². The maximum absolute atomic E-state index is 13.1. The van der Waals surface area contributed by atoms with E-state index in [-0.39, 0.29) is 5.82 Å². The molecule has 1 N–H and O–H groups in total. The SMILES string of the molecule is Cc1cc(F)ccc1NC1CCCc2sccc21. The molecule has 3 rings (SSSR count). The summed E-state index contributed by atoms with van der Waals surface area (Å²) in [6.45, 7) is 1.95. The highest BCUT2D eigenvalue weighted by molar-refractivity contribution is 7.10. The molecule has 2 aromatic rings. The number of fused-ring (bicyclic) bond motifs is 1. The van der Waals surface area contributed by atoms with Gasteiger partial charge in [-0.25, -0.2) is 4.39 Å². The molecule has 1 aromatic heterocycles. The smallest absolute Gasteiger partial charge is 0.123 e. The molecule has 0 bridgehead atoms. The van der Waals surface area contributed by atoms with Crippen molar-refractivity contribution in [2.24, 2.45) is 0 Å². The molecule has 1 heterocycles. The summed E-state index contributed by atoms with van der Waals surface area (Å²) < 4.78 is 13.1. The first-order chi connectivity index (χ1) is 8.74. The Labute approximate surface area is 111 Å². The van der Waals surface area contributed by atoms with Gasteiger partial charge in [0.1, 0.15) is 5.82 Å². The Morgan fingerprint density at radius 2 is 2.22 bits per heavy atom. The van der Waals surface area contributed by atoms with Gasteiger partial charge in [0, 0.05) is 10.6 Å². The lowest BCUT2D eigenvalue weighted by Gasteiger charge is -2.25. The lowest BCUT2D eigenvalue weighted by atomic mass is 9.93. The molecule has 18 heavy (non-hydrogen) atoms. The van der Waals surface area contributed by atoms with Crippen LogP contribution in [0.2, 0.25) is 0 Å². The van der Waals surface area contributed by atoms with Crippen molar-refractivity contribution in [3.63, 3.8) is 0 Å². The van der Waals surface area contributed by atoms with Gasteiger partial charge >= 0.3 is 0 Å². The van der Waals surface area contributed by atoms with Crippen molar-refractivity contribution in [2.45, 2.75) is 32.2 Å². The summed E-state index contributed by atoms with van der Waals surface area (Å²) >= 11 is 1.85. The van der Waals surface area contributed by atoms with Crippen molar-refractivity contribution in [2.75, 3.05) is 5.32 Å². The van der Waals surface area contributed by atoms with E-state index < -0.39 is 0 Å². The van der Waals surface area contributed by atoms with Crippen LogP contribution in [-0.4, -0.2) is 0 Å². The highest BCUT2D eigenvalue weighted by Crippen LogP contribution is 2.36. The van der Waals surface area contributed by atoms with Gasteiger partial charge in [-0.2, -0.15) is 0 Å². The Balaban J connectivity index is 1.86. The predicted octanol–water partition coefficient (Wildman–Crippen LogP) is 4.69. The number of benzene rings is 1. The van der Waals surface area contributed by atoms with Gasteiger partial charge in [0.25, 0.3) is 0 Å². The van der Waals surface area contributed by atoms with Crippen LogP contribution >= 0.6 is 11.3 Å². The van der Waals surface area contributed by atoms with E-state index in [0.29, 0.717) is 6.04 Å². The number of aryl methyl sites for hydroxylation is 2. The van der Waals surface area contributed by atoms with E-state index in [4.69, 9.17) is 0 Å². The third-order valence-corrected chi connectivity index (χ3v) is 4.57. The quantitative estimate of drug-likeness (QED) is 0.827. The zero-order valence-corrected chi connectivity index (χ0v) is 11.2. The molecular formula is C15H16FNS. The van der Waals surface area contributed by atoms with Crippen molar-refractivity contribution < 1.29 is 4.39 Å². The second kappa shape index (κ2) is 4.73. The minimum Gasteiger partial charge on any atom is -0.378 e. The van der Waals surface area contributed by atoms with Crippen LogP contribution in [-0.2, 0) is 6.42 Å². The first kappa shape index (κ1) is 11.7. The van der Waals surface area contributed by atoms with Crippen LogP contribution in [0.1, 0.15) is 34.9 Å². The fourth-order valence-electron chi connectivity index (χ4n) is 2.61. The number of hydrogen-bond donors (Lipinski definition) is 1. The van der Waals surface area contributed by atoms with E-state index in [1.807, 2.05) is 24.3 Å². The van der Waals surface area contributed by atoms with Gasteiger partial charge in [0.2, 0.25) is 0 Å². The fraction of sp³-hybridized carbons (Fsp3) is 0.333. The molecule has 0 spiro atoms. The molecule has 0 saturated carbocycles. The summed E-state index contributed by atoms with van der Waals surface area (Å²) in [7, 11) is 0. The van der Waals surface area contributed by atoms with Crippen LogP contribution < -0.4 is 5.32 Å². The molecule has 1 nitrogen and oxygen atoms in total. The van der Waals surface area contributed by atoms with Gasteiger partial charge in [0.15, 0.2) is 0 Å². The standard InChI is InChI=1S/C15H16FNS/c1-10-9-11(16)5-6-13(10)17-14-3-2-4-15-12(14)7-8-18-15/h5-9,14,17H,2-4H2,1H3. The Morgan fingerprint density at radius 3 is 3.06 bits per heavy atom. The molecule has 0 radical (unpaired) electrons. The largest absolute Gasteiger partial charge is 0.378 e. The third kappa shape index (κ3) is 2.15. The van der Waals surface area contributed by atoms with Crippen molar-refractivity contribution in [3.8, 4) is 0 Å². The number of nitrogens with one attached hydrogen (secondary N) is 1. The monoisotopic (exact) mass is 261 g/mol. The van der Waals surface area contributed by atoms with Gasteiger partial charge in [-0.1, -0.05) is 0 Å². The molecule has 1 aliphatic carbocycles. The fourth-order valence-corrected chi connectivity index (χ4v) is 3.60. The highest BCUT2D eigenvalue weighted by atomic mass is 32.1. The Bertz CT molecular complexity index is 561. The summed E-state index contributed by atoms with van der Waals surface area (Å²) in [5.74, 6) is -0.169. The lowest BCUT2D eigenvalue weighted by molar-refractivity contribution is 0.606. The summed E-state index contributed by atoms with van der Waals surface area (Å²) in [5, 5.41) is 5.73. The number of hydrogen-bond acceptors (Lipinski definition) is 2. The van der Waals surface area contributed by atoms with Crippen molar-refractivity contribution in [3.05, 3.63) is 51.5 Å². The second-order valence-corrected chi connectivity index (χ2v) is 5.85. The van der Waals surface area contributed by atoms with Crippen molar-refractivity contribution >= 4 is 17.0 Å². The average Bonchev–Trinajstić information content (AvgIpc) is 2.82. The molecule has 1 aromatic carbocycles. The van der Waals surface area contributed by atoms with Crippen LogP contribution in [0, 0.1) is 12.7 Å². The molecule has 1 unspecified atom stereocenters. The van der Waals surface area contributed by atoms with E-state index in [9.17, 15) is 4.39 Å². The summed E-state index contributed by atoms with van der Waals surface area (Å²) in [4.78, 5) is 1.50. The second-order valence-electron chi connectivity index (χ2n) is 4.85. The van der Waals surface area contributed by atoms with Crippen LogP contribution in [0.4, 0.5) is 10.1 Å². The normalized spacial score (nSPS) is 18.4. The highest BCUT2D eigenvalue weighted by Gasteiger charge is 2.21. The zero-order valence-electron chi connectivity index (χ0n) is 10.4. The first-order valence-corrected chi connectivity index (χ1v) is 7.21. The van der Waals surface area contributed by atoms with E-state index in [1.54, 1.807) is 6.07 Å². The van der Waals surface area contributed by atoms with E-state index in [1.165, 1.54) is 29.3 Å². The number of anilines is 1. The van der Waals surface area contributed by atoms with Gasteiger partial charge < -0.3 is 5.32 Å². The Kier molecular flexibility index (Phi) is 3.08.